The number of pyridine rings is 1. The Morgan fingerprint density at radius 2 is 1.45 bits per heavy atom. The van der Waals surface area contributed by atoms with E-state index >= 15 is 0 Å². The minimum atomic E-state index is -5.52. The summed E-state index contributed by atoms with van der Waals surface area (Å²) in [5.74, 6) is -1.10. The van der Waals surface area contributed by atoms with Gasteiger partial charge < -0.3 is 5.11 Å². The Balaban J connectivity index is 2.46. The van der Waals surface area contributed by atoms with E-state index in [9.17, 15) is 44.3 Å². The second-order valence-electron chi connectivity index (χ2n) is 6.22. The lowest BCUT2D eigenvalue weighted by Crippen LogP contribution is -2.17. The molecule has 0 saturated carbocycles. The van der Waals surface area contributed by atoms with Gasteiger partial charge in [0.15, 0.2) is 5.69 Å². The van der Waals surface area contributed by atoms with E-state index in [0.29, 0.717) is 12.1 Å². The van der Waals surface area contributed by atoms with Crippen LogP contribution in [0.3, 0.4) is 0 Å². The van der Waals surface area contributed by atoms with E-state index in [1.165, 1.54) is 5.32 Å². The molecule has 2 aromatic heterocycles. The zero-order valence-corrected chi connectivity index (χ0v) is 16.6. The normalized spacial score (nSPS) is 12.9. The van der Waals surface area contributed by atoms with Crippen molar-refractivity contribution in [1.82, 2.24) is 14.8 Å². The molecular weight excluding hydrogens is 522 g/mol. The number of rotatable bonds is 2. The SMILES string of the molecule is O=C(O)Nc1c2c(C(F)(F)F)nc(C(F)(F)F)cc2nn1-c1c(Cl)cc(C(F)(F)F)cc1Cl. The van der Waals surface area contributed by atoms with Crippen LogP contribution in [0.5, 0.6) is 0 Å². The van der Waals surface area contributed by atoms with Crippen molar-refractivity contribution < 1.29 is 49.4 Å². The number of nitrogens with zero attached hydrogens (tertiary/aromatic N) is 3. The number of fused-ring (bicyclic) bond motifs is 1. The summed E-state index contributed by atoms with van der Waals surface area (Å²) in [6.07, 6.45) is -17.8. The largest absolute Gasteiger partial charge is 0.465 e. The van der Waals surface area contributed by atoms with Gasteiger partial charge in [0, 0.05) is 0 Å². The Hall–Kier alpha value is -2.94. The number of carboxylic acid groups (broad SMARTS) is 1. The van der Waals surface area contributed by atoms with E-state index in [0.717, 1.165) is 0 Å². The third kappa shape index (κ3) is 4.73. The third-order valence-corrected chi connectivity index (χ3v) is 4.57. The Morgan fingerprint density at radius 1 is 0.909 bits per heavy atom. The standard InChI is InChI=1S/C16H5Cl2F9N4O2/c17-5-1-4(14(19,20)21)2-6(18)10(5)31-12(29-13(32)33)9-7(30-31)3-8(15(22,23)24)28-11(9)16(25,26)27/h1-3,29H,(H,32,33). The molecule has 0 saturated heterocycles. The van der Waals surface area contributed by atoms with Gasteiger partial charge in [-0.15, -0.1) is 0 Å². The van der Waals surface area contributed by atoms with Gasteiger partial charge in [0.05, 0.1) is 26.5 Å². The summed E-state index contributed by atoms with van der Waals surface area (Å²) in [7, 11) is 0. The molecule has 0 aliphatic rings. The van der Waals surface area contributed by atoms with Crippen LogP contribution in [-0.2, 0) is 18.5 Å². The molecule has 6 nitrogen and oxygen atoms in total. The first-order valence-electron chi connectivity index (χ1n) is 8.06. The molecule has 178 valence electrons. The van der Waals surface area contributed by atoms with Crippen LogP contribution in [0.4, 0.5) is 50.1 Å². The molecule has 1 aromatic carbocycles. The first-order chi connectivity index (χ1) is 14.9. The molecule has 3 aromatic rings. The van der Waals surface area contributed by atoms with E-state index in [4.69, 9.17) is 28.3 Å². The minimum absolute atomic E-state index is 0.0972. The maximum Gasteiger partial charge on any atom is 0.434 e. The fourth-order valence-corrected chi connectivity index (χ4v) is 3.42. The van der Waals surface area contributed by atoms with Crippen LogP contribution < -0.4 is 5.32 Å². The molecular formula is C16H5Cl2F9N4O2. The van der Waals surface area contributed by atoms with Crippen LogP contribution in [-0.4, -0.2) is 26.0 Å². The summed E-state index contributed by atoms with van der Waals surface area (Å²) in [4.78, 5) is 13.7. The number of benzene rings is 1. The number of hydrogen-bond donors (Lipinski definition) is 2. The van der Waals surface area contributed by atoms with E-state index in [1.807, 2.05) is 0 Å². The van der Waals surface area contributed by atoms with Gasteiger partial charge in [-0.05, 0) is 18.2 Å². The molecule has 0 atom stereocenters. The highest BCUT2D eigenvalue weighted by molar-refractivity contribution is 6.38. The summed E-state index contributed by atoms with van der Waals surface area (Å²) in [5, 5.41) is 11.2. The smallest absolute Gasteiger partial charge is 0.434 e. The van der Waals surface area contributed by atoms with Crippen molar-refractivity contribution in [3.63, 3.8) is 0 Å². The molecule has 2 heterocycles. The van der Waals surface area contributed by atoms with Crippen LogP contribution in [0, 0.1) is 0 Å². The molecule has 17 heteroatoms. The summed E-state index contributed by atoms with van der Waals surface area (Å²) in [6, 6.07) is 0.744. The second kappa shape index (κ2) is 7.83. The molecule has 0 radical (unpaired) electrons. The van der Waals surface area contributed by atoms with Crippen LogP contribution >= 0.6 is 23.2 Å². The second-order valence-corrected chi connectivity index (χ2v) is 7.04. The monoisotopic (exact) mass is 526 g/mol. The number of alkyl halides is 9. The number of hydrogen-bond acceptors (Lipinski definition) is 3. The number of halogens is 11. The van der Waals surface area contributed by atoms with Gasteiger partial charge in [-0.25, -0.2) is 14.5 Å². The minimum Gasteiger partial charge on any atom is -0.465 e. The van der Waals surface area contributed by atoms with Crippen molar-refractivity contribution in [2.75, 3.05) is 5.32 Å². The Labute approximate surface area is 185 Å². The predicted octanol–water partition coefficient (Wildman–Crippen LogP) is 6.87. The zero-order chi connectivity index (χ0) is 25.1. The molecule has 2 N–H and O–H groups in total. The van der Waals surface area contributed by atoms with Gasteiger partial charge in [-0.1, -0.05) is 23.2 Å². The summed E-state index contributed by atoms with van der Waals surface area (Å²) in [5.41, 5.74) is -7.28. The molecule has 0 aliphatic carbocycles. The van der Waals surface area contributed by atoms with Crippen molar-refractivity contribution >= 4 is 46.0 Å². The fraction of sp³-hybridized carbons (Fsp3) is 0.188. The van der Waals surface area contributed by atoms with Crippen LogP contribution in [0.2, 0.25) is 10.0 Å². The number of amides is 1. The molecule has 3 rings (SSSR count). The first kappa shape index (κ1) is 24.7. The molecule has 0 bridgehead atoms. The lowest BCUT2D eigenvalue weighted by Gasteiger charge is -2.15. The molecule has 0 aliphatic heterocycles. The molecule has 0 spiro atoms. The van der Waals surface area contributed by atoms with Gasteiger partial charge in [-0.3, -0.25) is 5.32 Å². The van der Waals surface area contributed by atoms with E-state index in [1.54, 1.807) is 0 Å². The highest BCUT2D eigenvalue weighted by Gasteiger charge is 2.42. The predicted molar refractivity (Wildman–Crippen MR) is 95.5 cm³/mol. The first-order valence-corrected chi connectivity index (χ1v) is 8.81. The van der Waals surface area contributed by atoms with E-state index in [2.05, 4.69) is 10.1 Å². The summed E-state index contributed by atoms with van der Waals surface area (Å²) in [6.45, 7) is 0. The average Bonchev–Trinajstić information content (AvgIpc) is 2.95. The van der Waals surface area contributed by atoms with Crippen molar-refractivity contribution in [3.05, 3.63) is 45.2 Å². The number of carbonyl (C=O) groups is 1. The van der Waals surface area contributed by atoms with E-state index < -0.39 is 74.0 Å². The van der Waals surface area contributed by atoms with Crippen LogP contribution in [0.25, 0.3) is 16.6 Å². The van der Waals surface area contributed by atoms with Gasteiger partial charge in [-0.2, -0.15) is 44.6 Å². The zero-order valence-electron chi connectivity index (χ0n) is 15.1. The lowest BCUT2D eigenvalue weighted by molar-refractivity contribution is -0.149. The molecule has 33 heavy (non-hydrogen) atoms. The Kier molecular flexibility index (Phi) is 5.86. The van der Waals surface area contributed by atoms with Crippen LogP contribution in [0.1, 0.15) is 17.0 Å². The maximum atomic E-state index is 13.5. The van der Waals surface area contributed by atoms with Crippen molar-refractivity contribution in [2.24, 2.45) is 0 Å². The highest BCUT2D eigenvalue weighted by atomic mass is 35.5. The van der Waals surface area contributed by atoms with Gasteiger partial charge in [0.2, 0.25) is 0 Å². The number of anilines is 1. The quantitative estimate of drug-likeness (QED) is 0.357. The summed E-state index contributed by atoms with van der Waals surface area (Å²) < 4.78 is 119. The topological polar surface area (TPSA) is 80.0 Å². The average molecular weight is 527 g/mol. The van der Waals surface area contributed by atoms with Crippen molar-refractivity contribution in [2.45, 2.75) is 18.5 Å². The number of aromatic nitrogens is 3. The van der Waals surface area contributed by atoms with Crippen molar-refractivity contribution in [3.8, 4) is 5.69 Å². The van der Waals surface area contributed by atoms with Gasteiger partial charge in [0.25, 0.3) is 0 Å². The van der Waals surface area contributed by atoms with Gasteiger partial charge in [0.1, 0.15) is 17.2 Å². The van der Waals surface area contributed by atoms with E-state index in [-0.39, 0.29) is 10.7 Å². The summed E-state index contributed by atoms with van der Waals surface area (Å²) >= 11 is 11.6. The Bertz CT molecular complexity index is 1240. The maximum absolute atomic E-state index is 13.5. The highest BCUT2D eigenvalue weighted by Crippen LogP contribution is 2.43. The lowest BCUT2D eigenvalue weighted by atomic mass is 10.1. The Morgan fingerprint density at radius 3 is 1.88 bits per heavy atom. The number of nitrogens with one attached hydrogen (secondary N) is 1. The van der Waals surface area contributed by atoms with Crippen LogP contribution in [0.15, 0.2) is 18.2 Å². The fourth-order valence-electron chi connectivity index (χ4n) is 2.77. The molecule has 0 fully saturated rings. The third-order valence-electron chi connectivity index (χ3n) is 4.00. The molecule has 0 unspecified atom stereocenters. The molecule has 1 amide bonds. The van der Waals surface area contributed by atoms with Gasteiger partial charge >= 0.3 is 24.6 Å². The van der Waals surface area contributed by atoms with Crippen molar-refractivity contribution in [1.29, 1.82) is 0 Å².